The van der Waals surface area contributed by atoms with Crippen LogP contribution in [0.1, 0.15) is 40.4 Å². The monoisotopic (exact) mass is 457 g/mol. The molecule has 0 spiro atoms. The maximum Gasteiger partial charge on any atom is 0.255 e. The van der Waals surface area contributed by atoms with Crippen LogP contribution in [0.4, 0.5) is 5.69 Å². The number of halogens is 1. The predicted molar refractivity (Wildman–Crippen MR) is 121 cm³/mol. The zero-order valence-electron chi connectivity index (χ0n) is 16.7. The minimum atomic E-state index is -2.09. The molecule has 1 heterocycles. The summed E-state index contributed by atoms with van der Waals surface area (Å²) in [5, 5.41) is 13.9. The summed E-state index contributed by atoms with van der Waals surface area (Å²) in [6.07, 6.45) is 2.44. The Balaban J connectivity index is 1.38. The average molecular weight is 458 g/mol. The number of H-pyrrole nitrogens is 1. The second kappa shape index (κ2) is 9.74. The van der Waals surface area contributed by atoms with E-state index >= 15 is 0 Å². The fourth-order valence-electron chi connectivity index (χ4n) is 3.25. The molecule has 1 unspecified atom stereocenters. The molecule has 4 rings (SSSR count). The van der Waals surface area contributed by atoms with Crippen LogP contribution in [-0.4, -0.2) is 37.2 Å². The summed E-state index contributed by atoms with van der Waals surface area (Å²) in [7, 11) is 0. The highest BCUT2D eigenvalue weighted by atomic mass is 35.5. The van der Waals surface area contributed by atoms with Gasteiger partial charge in [-0.1, -0.05) is 34.8 Å². The largest absolute Gasteiger partial charge is 0.772 e. The Morgan fingerprint density at radius 3 is 2.68 bits per heavy atom. The predicted octanol–water partition coefficient (Wildman–Crippen LogP) is 3.83. The van der Waals surface area contributed by atoms with Crippen molar-refractivity contribution in [2.24, 2.45) is 0 Å². The highest BCUT2D eigenvalue weighted by Crippen LogP contribution is 2.40. The van der Waals surface area contributed by atoms with Crippen molar-refractivity contribution in [3.63, 3.8) is 0 Å². The van der Waals surface area contributed by atoms with Gasteiger partial charge in [-0.25, -0.2) is 0 Å². The van der Waals surface area contributed by atoms with E-state index in [2.05, 4.69) is 26.9 Å². The van der Waals surface area contributed by atoms with Gasteiger partial charge in [0.15, 0.2) is 0 Å². The Bertz CT molecular complexity index is 1100. The molecule has 1 fully saturated rings. The number of nitrogens with one attached hydrogen (secondary N) is 3. The molecule has 162 valence electrons. The summed E-state index contributed by atoms with van der Waals surface area (Å²) < 4.78 is 21.2. The highest BCUT2D eigenvalue weighted by Gasteiger charge is 2.25. The van der Waals surface area contributed by atoms with E-state index in [1.54, 1.807) is 18.2 Å². The molecule has 2 aromatic carbocycles. The zero-order chi connectivity index (χ0) is 21.8. The van der Waals surface area contributed by atoms with Crippen LogP contribution in [0.5, 0.6) is 0 Å². The Labute approximate surface area is 187 Å². The number of anilines is 1. The summed E-state index contributed by atoms with van der Waals surface area (Å²) in [6.45, 7) is 0.686. The van der Waals surface area contributed by atoms with Crippen molar-refractivity contribution in [3.8, 4) is 11.3 Å². The summed E-state index contributed by atoms with van der Waals surface area (Å²) in [5.41, 5.74) is 4.95. The van der Waals surface area contributed by atoms with Gasteiger partial charge in [-0.15, -0.1) is 0 Å². The number of carbonyl (C=O) groups is 1. The topological polar surface area (TPSA) is 110 Å². The summed E-state index contributed by atoms with van der Waals surface area (Å²) in [4.78, 5) is 12.7. The third kappa shape index (κ3) is 5.80. The van der Waals surface area contributed by atoms with Crippen molar-refractivity contribution in [1.29, 1.82) is 0 Å². The highest BCUT2D eigenvalue weighted by molar-refractivity contribution is 7.79. The minimum absolute atomic E-state index is 0.0218. The quantitative estimate of drug-likeness (QED) is 0.334. The number of aromatic nitrogens is 2. The SMILES string of the molecule is O=C(Nc1ccc(-c2cc(C3CC3)[nH]n2)cc1)c1ccc(Cl)c(CNCCS(=O)[O-])c1. The number of nitrogens with zero attached hydrogens (tertiary/aromatic N) is 1. The number of carbonyl (C=O) groups excluding carboxylic acids is 1. The Morgan fingerprint density at radius 1 is 1.19 bits per heavy atom. The van der Waals surface area contributed by atoms with Crippen LogP contribution in [0, 0.1) is 0 Å². The van der Waals surface area contributed by atoms with Crippen molar-refractivity contribution >= 4 is 34.3 Å². The first-order chi connectivity index (χ1) is 15.0. The van der Waals surface area contributed by atoms with E-state index in [-0.39, 0.29) is 11.7 Å². The number of hydrogen-bond acceptors (Lipinski definition) is 5. The van der Waals surface area contributed by atoms with Gasteiger partial charge in [0.2, 0.25) is 0 Å². The standard InChI is InChI=1S/C22H23ClN4O3S/c23-19-8-5-16(11-17(19)13-24-9-10-31(29)30)22(28)25-18-6-3-15(4-7-18)21-12-20(26-27-21)14-1-2-14/h3-8,11-12,14,24H,1-2,9-10,13H2,(H,25,28)(H,26,27)(H,29,30)/p-1. The van der Waals surface area contributed by atoms with E-state index in [4.69, 9.17) is 11.6 Å². The van der Waals surface area contributed by atoms with E-state index < -0.39 is 11.1 Å². The van der Waals surface area contributed by atoms with Crippen molar-refractivity contribution in [2.45, 2.75) is 25.3 Å². The summed E-state index contributed by atoms with van der Waals surface area (Å²) in [6, 6.07) is 14.7. The maximum atomic E-state index is 12.7. The third-order valence-electron chi connectivity index (χ3n) is 5.12. The molecular weight excluding hydrogens is 436 g/mol. The molecule has 1 atom stereocenters. The van der Waals surface area contributed by atoms with Crippen LogP contribution in [-0.2, 0) is 17.6 Å². The molecule has 0 saturated heterocycles. The zero-order valence-corrected chi connectivity index (χ0v) is 18.3. The second-order valence-electron chi connectivity index (χ2n) is 7.51. The van der Waals surface area contributed by atoms with Crippen molar-refractivity contribution < 1.29 is 13.6 Å². The first-order valence-electron chi connectivity index (χ1n) is 10.0. The lowest BCUT2D eigenvalue weighted by atomic mass is 10.1. The van der Waals surface area contributed by atoms with Gasteiger partial charge in [0, 0.05) is 52.3 Å². The molecule has 3 N–H and O–H groups in total. The molecule has 0 radical (unpaired) electrons. The van der Waals surface area contributed by atoms with Gasteiger partial charge in [-0.2, -0.15) is 5.10 Å². The number of rotatable bonds is 9. The molecule has 1 aliphatic rings. The van der Waals surface area contributed by atoms with E-state index in [1.165, 1.54) is 18.5 Å². The molecule has 1 amide bonds. The lowest BCUT2D eigenvalue weighted by Gasteiger charge is -2.11. The van der Waals surface area contributed by atoms with Crippen LogP contribution < -0.4 is 10.6 Å². The third-order valence-corrected chi connectivity index (χ3v) is 6.03. The molecule has 0 aliphatic heterocycles. The number of hydrogen-bond donors (Lipinski definition) is 3. The molecule has 9 heteroatoms. The first kappa shape index (κ1) is 21.7. The molecule has 0 bridgehead atoms. The van der Waals surface area contributed by atoms with E-state index in [9.17, 15) is 13.6 Å². The Kier molecular flexibility index (Phi) is 6.82. The molecule has 3 aromatic rings. The lowest BCUT2D eigenvalue weighted by Crippen LogP contribution is -2.20. The van der Waals surface area contributed by atoms with Crippen LogP contribution in [0.2, 0.25) is 5.02 Å². The van der Waals surface area contributed by atoms with Crippen molar-refractivity contribution in [3.05, 3.63) is 70.4 Å². The van der Waals surface area contributed by atoms with Gasteiger partial charge >= 0.3 is 0 Å². The number of benzene rings is 2. The average Bonchev–Trinajstić information content (AvgIpc) is 3.49. The van der Waals surface area contributed by atoms with E-state index in [0.717, 1.165) is 16.8 Å². The van der Waals surface area contributed by atoms with Gasteiger partial charge in [-0.05, 0) is 54.8 Å². The minimum Gasteiger partial charge on any atom is -0.772 e. The number of aromatic amines is 1. The smallest absolute Gasteiger partial charge is 0.255 e. The van der Waals surface area contributed by atoms with Gasteiger partial charge in [0.1, 0.15) is 0 Å². The summed E-state index contributed by atoms with van der Waals surface area (Å²) in [5.74, 6) is 0.394. The molecule has 1 saturated carbocycles. The molecule has 31 heavy (non-hydrogen) atoms. The Morgan fingerprint density at radius 2 is 1.97 bits per heavy atom. The van der Waals surface area contributed by atoms with Crippen molar-refractivity contribution in [1.82, 2.24) is 15.5 Å². The molecule has 1 aromatic heterocycles. The van der Waals surface area contributed by atoms with E-state index in [1.807, 2.05) is 24.3 Å². The molecular formula is C22H22ClN4O3S-. The summed E-state index contributed by atoms with van der Waals surface area (Å²) >= 11 is 4.11. The Hall–Kier alpha value is -2.52. The first-order valence-corrected chi connectivity index (χ1v) is 11.6. The lowest BCUT2D eigenvalue weighted by molar-refractivity contribution is 0.102. The van der Waals surface area contributed by atoms with Crippen LogP contribution in [0.15, 0.2) is 48.5 Å². The molecule has 1 aliphatic carbocycles. The fraction of sp³-hybridized carbons (Fsp3) is 0.273. The van der Waals surface area contributed by atoms with Crippen LogP contribution >= 0.6 is 11.6 Å². The normalized spacial score (nSPS) is 14.4. The van der Waals surface area contributed by atoms with Gasteiger partial charge in [-0.3, -0.25) is 14.1 Å². The van der Waals surface area contributed by atoms with E-state index in [0.29, 0.717) is 35.3 Å². The van der Waals surface area contributed by atoms with Crippen LogP contribution in [0.3, 0.4) is 0 Å². The van der Waals surface area contributed by atoms with Crippen molar-refractivity contribution in [2.75, 3.05) is 17.6 Å². The second-order valence-corrected chi connectivity index (χ2v) is 8.93. The fourth-order valence-corrected chi connectivity index (χ4v) is 3.74. The van der Waals surface area contributed by atoms with Gasteiger partial charge < -0.3 is 15.2 Å². The number of amides is 1. The van der Waals surface area contributed by atoms with Crippen LogP contribution in [0.25, 0.3) is 11.3 Å². The van der Waals surface area contributed by atoms with Gasteiger partial charge in [0.25, 0.3) is 5.91 Å². The van der Waals surface area contributed by atoms with Gasteiger partial charge in [0.05, 0.1) is 5.69 Å². The maximum absolute atomic E-state index is 12.7. The molecule has 7 nitrogen and oxygen atoms in total.